The predicted molar refractivity (Wildman–Crippen MR) is 192 cm³/mol. The van der Waals surface area contributed by atoms with Gasteiger partial charge in [0, 0.05) is 21.2 Å². The Morgan fingerprint density at radius 2 is 1.69 bits per heavy atom. The van der Waals surface area contributed by atoms with Gasteiger partial charge in [-0.2, -0.15) is 0 Å². The molecule has 4 aromatic carbocycles. The van der Waals surface area contributed by atoms with Crippen molar-refractivity contribution in [3.8, 4) is 17.2 Å². The summed E-state index contributed by atoms with van der Waals surface area (Å²) < 4.78 is 24.9. The molecule has 0 amide bonds. The third-order valence-electron chi connectivity index (χ3n) is 7.77. The summed E-state index contributed by atoms with van der Waals surface area (Å²) >= 11 is 13.6. The summed E-state index contributed by atoms with van der Waals surface area (Å²) in [7, 11) is 1.58. The lowest BCUT2D eigenvalue weighted by Crippen LogP contribution is -2.40. The summed E-state index contributed by atoms with van der Waals surface area (Å²) in [6, 6.07) is 26.6. The minimum Gasteiger partial charge on any atom is -0.497 e. The molecule has 49 heavy (non-hydrogen) atoms. The molecule has 1 aliphatic heterocycles. The molecule has 11 heteroatoms. The Morgan fingerprint density at radius 1 is 0.918 bits per heavy atom. The molecule has 1 aliphatic rings. The first-order chi connectivity index (χ1) is 23.8. The van der Waals surface area contributed by atoms with Crippen LogP contribution in [0.3, 0.4) is 0 Å². The van der Waals surface area contributed by atoms with Crippen molar-refractivity contribution >= 4 is 52.3 Å². The van der Waals surface area contributed by atoms with Gasteiger partial charge < -0.3 is 18.9 Å². The zero-order chi connectivity index (χ0) is 34.5. The van der Waals surface area contributed by atoms with E-state index in [9.17, 15) is 9.59 Å². The number of methoxy groups -OCH3 is 1. The lowest BCUT2D eigenvalue weighted by Gasteiger charge is -2.26. The summed E-state index contributed by atoms with van der Waals surface area (Å²) in [5, 5.41) is 1.05. The van der Waals surface area contributed by atoms with Gasteiger partial charge in [0.2, 0.25) is 0 Å². The van der Waals surface area contributed by atoms with Crippen LogP contribution in [0.15, 0.2) is 106 Å². The Balaban J connectivity index is 1.47. The van der Waals surface area contributed by atoms with Gasteiger partial charge in [0.1, 0.15) is 12.4 Å². The Hall–Kier alpha value is -4.83. The summed E-state index contributed by atoms with van der Waals surface area (Å²) in [6.07, 6.45) is 1.79. The van der Waals surface area contributed by atoms with Crippen LogP contribution in [0.5, 0.6) is 17.2 Å². The molecule has 0 radical (unpaired) electrons. The first-order valence-corrected chi connectivity index (χ1v) is 17.1. The number of nitrogens with zero attached hydrogens (tertiary/aromatic N) is 2. The van der Waals surface area contributed by atoms with Gasteiger partial charge in [-0.3, -0.25) is 9.36 Å². The maximum absolute atomic E-state index is 14.3. The Bertz CT molecular complexity index is 2210. The highest BCUT2D eigenvalue weighted by Gasteiger charge is 2.35. The van der Waals surface area contributed by atoms with E-state index in [4.69, 9.17) is 47.1 Å². The number of thiazole rings is 1. The first-order valence-electron chi connectivity index (χ1n) is 15.6. The van der Waals surface area contributed by atoms with Gasteiger partial charge in [-0.25, -0.2) is 9.79 Å². The average molecular weight is 716 g/mol. The van der Waals surface area contributed by atoms with Gasteiger partial charge in [0.25, 0.3) is 5.56 Å². The van der Waals surface area contributed by atoms with Gasteiger partial charge in [0.15, 0.2) is 16.3 Å². The van der Waals surface area contributed by atoms with Crippen LogP contribution in [-0.4, -0.2) is 30.9 Å². The van der Waals surface area contributed by atoms with Crippen LogP contribution in [0.25, 0.3) is 11.8 Å². The number of carbonyl (C=O) groups is 1. The van der Waals surface area contributed by atoms with Crippen LogP contribution in [-0.2, 0) is 16.1 Å². The van der Waals surface area contributed by atoms with Crippen molar-refractivity contribution in [3.05, 3.63) is 149 Å². The molecule has 1 atom stereocenters. The fourth-order valence-corrected chi connectivity index (χ4v) is 6.95. The SMILES string of the molecule is CCOC(=O)C1=C(c2ccccc2)N=c2s/c(=C\c3ccc(OCc4ccc(Cl)cc4Cl)c(OCC)c3)c(=O)n2[C@H]1c1ccc(OC)cc1. The molecule has 0 fully saturated rings. The topological polar surface area (TPSA) is 88.4 Å². The van der Waals surface area contributed by atoms with Crippen molar-refractivity contribution in [2.75, 3.05) is 20.3 Å². The lowest BCUT2D eigenvalue weighted by atomic mass is 9.93. The van der Waals surface area contributed by atoms with Crippen molar-refractivity contribution in [3.63, 3.8) is 0 Å². The molecule has 0 N–H and O–H groups in total. The van der Waals surface area contributed by atoms with E-state index in [1.807, 2.05) is 67.6 Å². The van der Waals surface area contributed by atoms with Crippen LogP contribution in [0.1, 0.15) is 42.1 Å². The highest BCUT2D eigenvalue weighted by atomic mass is 35.5. The van der Waals surface area contributed by atoms with Crippen LogP contribution < -0.4 is 29.1 Å². The fourth-order valence-electron chi connectivity index (χ4n) is 5.49. The molecular weight excluding hydrogens is 683 g/mol. The van der Waals surface area contributed by atoms with E-state index in [2.05, 4.69) is 0 Å². The molecule has 0 saturated carbocycles. The van der Waals surface area contributed by atoms with Crippen LogP contribution >= 0.6 is 34.5 Å². The van der Waals surface area contributed by atoms with Crippen LogP contribution in [0.2, 0.25) is 10.0 Å². The van der Waals surface area contributed by atoms with Crippen molar-refractivity contribution in [2.45, 2.75) is 26.5 Å². The van der Waals surface area contributed by atoms with E-state index < -0.39 is 12.0 Å². The number of benzene rings is 4. The van der Waals surface area contributed by atoms with Crippen molar-refractivity contribution in [1.29, 1.82) is 0 Å². The Kier molecular flexibility index (Phi) is 10.5. The zero-order valence-electron chi connectivity index (χ0n) is 26.9. The van der Waals surface area contributed by atoms with E-state index in [0.29, 0.717) is 54.5 Å². The second kappa shape index (κ2) is 15.2. The van der Waals surface area contributed by atoms with Crippen molar-refractivity contribution < 1.29 is 23.7 Å². The molecule has 0 unspecified atom stereocenters. The third-order valence-corrected chi connectivity index (χ3v) is 9.34. The maximum Gasteiger partial charge on any atom is 0.338 e. The molecule has 0 saturated heterocycles. The number of hydrogen-bond acceptors (Lipinski definition) is 8. The smallest absolute Gasteiger partial charge is 0.338 e. The van der Waals surface area contributed by atoms with Gasteiger partial charge in [0.05, 0.1) is 42.2 Å². The van der Waals surface area contributed by atoms with Gasteiger partial charge >= 0.3 is 5.97 Å². The van der Waals surface area contributed by atoms with Crippen LogP contribution in [0.4, 0.5) is 0 Å². The third kappa shape index (κ3) is 7.29. The number of aromatic nitrogens is 1. The first kappa shape index (κ1) is 34.0. The molecule has 6 rings (SSSR count). The van der Waals surface area contributed by atoms with Gasteiger partial charge in [-0.05, 0) is 67.4 Å². The van der Waals surface area contributed by atoms with Gasteiger partial charge in [-0.1, -0.05) is 89.1 Å². The highest BCUT2D eigenvalue weighted by Crippen LogP contribution is 2.36. The highest BCUT2D eigenvalue weighted by molar-refractivity contribution is 7.07. The molecule has 0 bridgehead atoms. The maximum atomic E-state index is 14.3. The largest absolute Gasteiger partial charge is 0.497 e. The molecule has 8 nitrogen and oxygen atoms in total. The predicted octanol–water partition coefficient (Wildman–Crippen LogP) is 7.23. The molecule has 0 spiro atoms. The number of hydrogen-bond donors (Lipinski definition) is 0. The normalized spacial score (nSPS) is 14.2. The van der Waals surface area contributed by atoms with Crippen LogP contribution in [0, 0.1) is 0 Å². The van der Waals surface area contributed by atoms with Crippen molar-refractivity contribution in [1.82, 2.24) is 4.57 Å². The monoisotopic (exact) mass is 714 g/mol. The minimum atomic E-state index is -0.798. The van der Waals surface area contributed by atoms with Crippen molar-refractivity contribution in [2.24, 2.45) is 4.99 Å². The fraction of sp³-hybridized carbons (Fsp3) is 0.184. The minimum absolute atomic E-state index is 0.165. The van der Waals surface area contributed by atoms with E-state index in [-0.39, 0.29) is 24.3 Å². The molecule has 250 valence electrons. The molecule has 2 heterocycles. The summed E-state index contributed by atoms with van der Waals surface area (Å²) in [6.45, 7) is 4.42. The lowest BCUT2D eigenvalue weighted by molar-refractivity contribution is -0.138. The molecule has 1 aromatic heterocycles. The second-order valence-electron chi connectivity index (χ2n) is 10.9. The second-order valence-corrected chi connectivity index (χ2v) is 12.7. The Labute approximate surface area is 297 Å². The standard InChI is InChI=1S/C38H32Cl2N2O6S/c1-4-46-31-19-23(11-18-30(31)48-22-26-12-15-27(39)21-29(26)40)20-32-36(43)42-35(25-13-16-28(45-3)17-14-25)33(37(44)47-5-2)34(41-38(42)49-32)24-9-7-6-8-10-24/h6-21,35H,4-5,22H2,1-3H3/b32-20-/t35-/m0/s1. The Morgan fingerprint density at radius 3 is 2.39 bits per heavy atom. The number of halogens is 2. The molecular formula is C38H32Cl2N2O6S. The number of ether oxygens (including phenoxy) is 4. The summed E-state index contributed by atoms with van der Waals surface area (Å²) in [5.41, 5.74) is 3.38. The van der Waals surface area contributed by atoms with Gasteiger partial charge in [-0.15, -0.1) is 0 Å². The molecule has 0 aliphatic carbocycles. The zero-order valence-corrected chi connectivity index (χ0v) is 29.3. The number of fused-ring (bicyclic) bond motifs is 1. The van der Waals surface area contributed by atoms with E-state index >= 15 is 0 Å². The number of rotatable bonds is 11. The molecule has 5 aromatic rings. The quantitative estimate of drug-likeness (QED) is 0.134. The van der Waals surface area contributed by atoms with E-state index in [1.54, 1.807) is 55.0 Å². The van der Waals surface area contributed by atoms with E-state index in [1.165, 1.54) is 11.3 Å². The van der Waals surface area contributed by atoms with E-state index in [0.717, 1.165) is 16.7 Å². The number of esters is 1. The summed E-state index contributed by atoms with van der Waals surface area (Å²) in [4.78, 5) is 33.3. The number of carbonyl (C=O) groups excluding carboxylic acids is 1. The average Bonchev–Trinajstić information content (AvgIpc) is 3.42. The summed E-state index contributed by atoms with van der Waals surface area (Å²) in [5.74, 6) is 1.14.